The summed E-state index contributed by atoms with van der Waals surface area (Å²) in [5, 5.41) is 12.0. The van der Waals surface area contributed by atoms with Crippen molar-refractivity contribution in [2.75, 3.05) is 0 Å². The number of benzene rings is 2. The second-order valence-corrected chi connectivity index (χ2v) is 15.7. The summed E-state index contributed by atoms with van der Waals surface area (Å²) in [5.74, 6) is 0.906. The summed E-state index contributed by atoms with van der Waals surface area (Å²) in [6.45, 7) is 23.7. The van der Waals surface area contributed by atoms with Gasteiger partial charge in [-0.15, -0.1) is 29.5 Å². The van der Waals surface area contributed by atoms with Crippen LogP contribution in [0.1, 0.15) is 116 Å². The molecule has 0 saturated carbocycles. The van der Waals surface area contributed by atoms with Gasteiger partial charge in [0.05, 0.1) is 11.3 Å². The number of hydrogen-bond acceptors (Lipinski definition) is 6. The third-order valence-corrected chi connectivity index (χ3v) is 10.4. The molecule has 265 valence electrons. The van der Waals surface area contributed by atoms with Gasteiger partial charge in [0.15, 0.2) is 5.78 Å². The van der Waals surface area contributed by atoms with Crippen LogP contribution >= 0.6 is 11.3 Å². The fourth-order valence-electron chi connectivity index (χ4n) is 6.36. The number of pyridine rings is 1. The van der Waals surface area contributed by atoms with E-state index >= 15 is 0 Å². The van der Waals surface area contributed by atoms with E-state index in [4.69, 9.17) is 15.0 Å². The Bertz CT molecular complexity index is 1930. The molecule has 1 radical (unpaired) electrons. The van der Waals surface area contributed by atoms with E-state index in [2.05, 4.69) is 77.9 Å². The van der Waals surface area contributed by atoms with E-state index in [-0.39, 0.29) is 48.9 Å². The van der Waals surface area contributed by atoms with E-state index in [0.717, 1.165) is 70.2 Å². The number of ketones is 1. The van der Waals surface area contributed by atoms with Gasteiger partial charge in [0, 0.05) is 69.7 Å². The van der Waals surface area contributed by atoms with E-state index in [1.165, 1.54) is 32.9 Å². The van der Waals surface area contributed by atoms with E-state index in [1.807, 2.05) is 34.6 Å². The van der Waals surface area contributed by atoms with Crippen LogP contribution in [0.5, 0.6) is 0 Å². The maximum Gasteiger partial charge on any atom is 0.162 e. The van der Waals surface area contributed by atoms with Crippen LogP contribution < -0.4 is 0 Å². The molecule has 0 bridgehead atoms. The van der Waals surface area contributed by atoms with Crippen molar-refractivity contribution in [3.05, 3.63) is 76.9 Å². The Morgan fingerprint density at radius 1 is 0.939 bits per heavy atom. The van der Waals surface area contributed by atoms with Gasteiger partial charge in [-0.25, -0.2) is 4.98 Å². The minimum atomic E-state index is 0. The van der Waals surface area contributed by atoms with Crippen molar-refractivity contribution in [2.24, 2.45) is 17.3 Å². The summed E-state index contributed by atoms with van der Waals surface area (Å²) in [6.07, 6.45) is 7.66. The molecule has 0 spiro atoms. The van der Waals surface area contributed by atoms with Crippen molar-refractivity contribution < 1.29 is 30.0 Å². The molecule has 0 unspecified atom stereocenters. The monoisotopic (exact) mass is 857 g/mol. The number of fused-ring (bicyclic) bond motifs is 4. The molecule has 0 amide bonds. The molecular weight excluding hydrogens is 803 g/mol. The van der Waals surface area contributed by atoms with E-state index in [9.17, 15) is 9.90 Å². The summed E-state index contributed by atoms with van der Waals surface area (Å²) >= 11 is 1.79. The van der Waals surface area contributed by atoms with Gasteiger partial charge in [-0.2, -0.15) is 0 Å². The number of allylic oxidation sites excluding steroid dienone is 2. The van der Waals surface area contributed by atoms with Crippen molar-refractivity contribution >= 4 is 48.3 Å². The van der Waals surface area contributed by atoms with Crippen molar-refractivity contribution in [1.29, 1.82) is 0 Å². The number of aromatic nitrogens is 3. The van der Waals surface area contributed by atoms with Crippen LogP contribution in [-0.2, 0) is 31.3 Å². The van der Waals surface area contributed by atoms with Crippen LogP contribution in [-0.4, -0.2) is 25.8 Å². The van der Waals surface area contributed by atoms with Crippen LogP contribution in [0.3, 0.4) is 0 Å². The Morgan fingerprint density at radius 3 is 2.18 bits per heavy atom. The SMILES string of the molecule is CCC(CC)C(=O)/C=C(\O)C(CC)CC.Cc1ccc2[c-]c(-c3ncnc4c3sc3cc(CC(C)(C)C)c(C)cc34)cc(C(C)C)c2n1.[Ir]. The van der Waals surface area contributed by atoms with Crippen molar-refractivity contribution in [2.45, 2.75) is 114 Å². The van der Waals surface area contributed by atoms with Crippen LogP contribution in [0.2, 0.25) is 0 Å². The van der Waals surface area contributed by atoms with Gasteiger partial charge < -0.3 is 5.11 Å². The van der Waals surface area contributed by atoms with Gasteiger partial charge in [0.25, 0.3) is 0 Å². The molecule has 0 aliphatic carbocycles. The quantitative estimate of drug-likeness (QED) is 0.0860. The molecule has 0 aliphatic heterocycles. The van der Waals surface area contributed by atoms with Crippen LogP contribution in [0, 0.1) is 37.2 Å². The number of carbonyl (C=O) groups excluding carboxylic acids is 1. The summed E-state index contributed by atoms with van der Waals surface area (Å²) in [6, 6.07) is 14.7. The first-order valence-electron chi connectivity index (χ1n) is 17.7. The molecule has 49 heavy (non-hydrogen) atoms. The zero-order valence-corrected chi connectivity index (χ0v) is 34.5. The Labute approximate surface area is 311 Å². The van der Waals surface area contributed by atoms with Crippen LogP contribution in [0.25, 0.3) is 42.5 Å². The first-order valence-corrected chi connectivity index (χ1v) is 18.5. The van der Waals surface area contributed by atoms with Crippen molar-refractivity contribution in [1.82, 2.24) is 15.0 Å². The molecule has 5 aromatic rings. The van der Waals surface area contributed by atoms with E-state index in [0.29, 0.717) is 5.92 Å². The Kier molecular flexibility index (Phi) is 14.3. The largest absolute Gasteiger partial charge is 0.512 e. The van der Waals surface area contributed by atoms with E-state index in [1.54, 1.807) is 17.7 Å². The van der Waals surface area contributed by atoms with Gasteiger partial charge in [0.1, 0.15) is 6.33 Å². The normalized spacial score (nSPS) is 12.2. The van der Waals surface area contributed by atoms with Gasteiger partial charge in [0.2, 0.25) is 0 Å². The topological polar surface area (TPSA) is 76.0 Å². The number of rotatable bonds is 10. The molecule has 3 aromatic heterocycles. The maximum atomic E-state index is 11.7. The molecular formula is C42H54IrN3O2S-. The number of hydrogen-bond donors (Lipinski definition) is 1. The molecule has 5 rings (SSSR count). The average molecular weight is 857 g/mol. The number of thiophene rings is 1. The van der Waals surface area contributed by atoms with Crippen molar-refractivity contribution in [3.63, 3.8) is 0 Å². The number of aryl methyl sites for hydroxylation is 2. The molecule has 0 saturated heterocycles. The fourth-order valence-corrected chi connectivity index (χ4v) is 7.56. The summed E-state index contributed by atoms with van der Waals surface area (Å²) < 4.78 is 2.41. The Hall–Kier alpha value is -2.99. The molecule has 5 nitrogen and oxygen atoms in total. The summed E-state index contributed by atoms with van der Waals surface area (Å²) in [4.78, 5) is 26.0. The molecule has 0 aliphatic rings. The zero-order valence-electron chi connectivity index (χ0n) is 31.2. The first-order chi connectivity index (χ1) is 22.7. The molecule has 2 aromatic carbocycles. The second-order valence-electron chi connectivity index (χ2n) is 14.7. The first kappa shape index (κ1) is 40.4. The third-order valence-electron chi connectivity index (χ3n) is 9.27. The number of aliphatic hydroxyl groups is 1. The molecule has 0 atom stereocenters. The third kappa shape index (κ3) is 9.62. The summed E-state index contributed by atoms with van der Waals surface area (Å²) in [7, 11) is 0. The number of aliphatic hydroxyl groups excluding tert-OH is 1. The van der Waals surface area contributed by atoms with Gasteiger partial charge in [-0.3, -0.25) is 14.8 Å². The average Bonchev–Trinajstić information content (AvgIpc) is 3.38. The van der Waals surface area contributed by atoms with Crippen molar-refractivity contribution in [3.8, 4) is 11.3 Å². The predicted molar refractivity (Wildman–Crippen MR) is 205 cm³/mol. The molecule has 3 heterocycles. The smallest absolute Gasteiger partial charge is 0.162 e. The minimum Gasteiger partial charge on any atom is -0.512 e. The van der Waals surface area contributed by atoms with Crippen LogP contribution in [0.4, 0.5) is 0 Å². The predicted octanol–water partition coefficient (Wildman–Crippen LogP) is 12.1. The van der Waals surface area contributed by atoms with E-state index < -0.39 is 0 Å². The second kappa shape index (κ2) is 17.3. The zero-order chi connectivity index (χ0) is 35.3. The molecule has 1 N–H and O–H groups in total. The molecule has 7 heteroatoms. The number of nitrogens with zero attached hydrogens (tertiary/aromatic N) is 3. The minimum absolute atomic E-state index is 0. The summed E-state index contributed by atoms with van der Waals surface area (Å²) in [5.41, 5.74) is 9.31. The maximum absolute atomic E-state index is 11.7. The van der Waals surface area contributed by atoms with Crippen LogP contribution in [0.15, 0.2) is 48.5 Å². The van der Waals surface area contributed by atoms with Gasteiger partial charge >= 0.3 is 0 Å². The Morgan fingerprint density at radius 2 is 1.59 bits per heavy atom. The van der Waals surface area contributed by atoms with Gasteiger partial charge in [-0.1, -0.05) is 84.9 Å². The fraction of sp³-hybridized carbons (Fsp3) is 0.476. The molecule has 0 fully saturated rings. The standard InChI is InChI=1S/C29H30N3S.C13H24O2.Ir/c1-16(2)22-12-20(11-19-9-8-18(4)32-25(19)22)26-28-27(31-15-30-26)23-10-17(3)21(13-24(23)33-28)14-29(5,6)7;1-5-10(6-2)12(14)9-13(15)11(7-3)8-4;/h8-10,12-13,15-16H,14H2,1-7H3;9-11,14H,5-8H2,1-4H3;/q-1;;/b;12-9-;. The Balaban J connectivity index is 0.000000347. The number of carbonyl (C=O) groups is 1. The van der Waals surface area contributed by atoms with Gasteiger partial charge in [-0.05, 0) is 80.5 Å².